The Morgan fingerprint density at radius 2 is 1.47 bits per heavy atom. The molecule has 10 atom stereocenters. The summed E-state index contributed by atoms with van der Waals surface area (Å²) in [5.41, 5.74) is 0.316. The first-order valence-corrected chi connectivity index (χ1v) is 14.0. The van der Waals surface area contributed by atoms with Crippen LogP contribution in [0.5, 0.6) is 0 Å². The molecule has 6 heteroatoms. The van der Waals surface area contributed by atoms with E-state index in [0.717, 1.165) is 32.1 Å². The monoisotopic (exact) mass is 482 g/mol. The summed E-state index contributed by atoms with van der Waals surface area (Å²) in [6, 6.07) is 0. The van der Waals surface area contributed by atoms with Crippen molar-refractivity contribution in [2.24, 2.45) is 46.3 Å². The third-order valence-electron chi connectivity index (χ3n) is 10.8. The normalized spacial score (nSPS) is 46.2. The predicted octanol–water partition coefficient (Wildman–Crippen LogP) is 3.65. The smallest absolute Gasteiger partial charge is 0.0701 e. The third-order valence-corrected chi connectivity index (χ3v) is 10.8. The standard InChI is InChI=1S/C28H50O6/c1-18(2)21-5-6-22-26-23(17-25(28(21,22)4)34-14-11-31)27(3)8-7-20(32-12-9-29)15-19(27)16-24(26)33-13-10-30/h18-26,29-31H,5-17H2,1-4H3/t19?,20-,21?,22+,23+,24-,25+,26?,27?,28?/m1/s1. The first-order valence-electron chi connectivity index (χ1n) is 14.0. The zero-order valence-electron chi connectivity index (χ0n) is 22.0. The summed E-state index contributed by atoms with van der Waals surface area (Å²) < 4.78 is 19.0. The largest absolute Gasteiger partial charge is 0.394 e. The topological polar surface area (TPSA) is 88.4 Å². The summed E-state index contributed by atoms with van der Waals surface area (Å²) in [5.74, 6) is 3.29. The van der Waals surface area contributed by atoms with E-state index < -0.39 is 0 Å². The first-order chi connectivity index (χ1) is 16.3. The fourth-order valence-corrected chi connectivity index (χ4v) is 9.41. The first kappa shape index (κ1) is 26.8. The van der Waals surface area contributed by atoms with E-state index in [1.54, 1.807) is 0 Å². The second-order valence-corrected chi connectivity index (χ2v) is 12.5. The lowest BCUT2D eigenvalue weighted by Gasteiger charge is -2.64. The minimum atomic E-state index is 0.0663. The van der Waals surface area contributed by atoms with Gasteiger partial charge < -0.3 is 29.5 Å². The summed E-state index contributed by atoms with van der Waals surface area (Å²) >= 11 is 0. The van der Waals surface area contributed by atoms with Crippen molar-refractivity contribution in [2.45, 2.75) is 91.0 Å². The zero-order chi connectivity index (χ0) is 24.5. The van der Waals surface area contributed by atoms with E-state index in [1.807, 2.05) is 0 Å². The lowest BCUT2D eigenvalue weighted by molar-refractivity contribution is -0.229. The van der Waals surface area contributed by atoms with Gasteiger partial charge in [-0.15, -0.1) is 0 Å². The summed E-state index contributed by atoms with van der Waals surface area (Å²) in [5, 5.41) is 28.4. The summed E-state index contributed by atoms with van der Waals surface area (Å²) in [6.45, 7) is 11.2. The number of fused-ring (bicyclic) bond motifs is 5. The Kier molecular flexibility index (Phi) is 8.69. The molecule has 4 fully saturated rings. The SMILES string of the molecule is CC(C)C1CC[C@H]2C3[C@H](OCCO)CC4C[C@H](OCCO)CCC4(C)[C@H]3C[C@H](OCCO)C12C. The van der Waals surface area contributed by atoms with Crippen molar-refractivity contribution in [2.75, 3.05) is 39.6 Å². The summed E-state index contributed by atoms with van der Waals surface area (Å²) in [6.07, 6.45) is 8.31. The second-order valence-electron chi connectivity index (χ2n) is 12.5. The van der Waals surface area contributed by atoms with Crippen LogP contribution in [-0.4, -0.2) is 73.3 Å². The van der Waals surface area contributed by atoms with Gasteiger partial charge in [0.25, 0.3) is 0 Å². The fraction of sp³-hybridized carbons (Fsp3) is 1.00. The molecule has 198 valence electrons. The van der Waals surface area contributed by atoms with Gasteiger partial charge in [-0.05, 0) is 85.9 Å². The van der Waals surface area contributed by atoms with Crippen LogP contribution in [-0.2, 0) is 14.2 Å². The van der Waals surface area contributed by atoms with Crippen molar-refractivity contribution in [3.8, 4) is 0 Å². The molecule has 4 saturated carbocycles. The Labute approximate surface area is 206 Å². The average Bonchev–Trinajstić information content (AvgIpc) is 3.18. The zero-order valence-corrected chi connectivity index (χ0v) is 22.0. The number of hydrogen-bond acceptors (Lipinski definition) is 6. The van der Waals surface area contributed by atoms with Crippen molar-refractivity contribution in [3.63, 3.8) is 0 Å². The third kappa shape index (κ3) is 4.61. The second kappa shape index (κ2) is 11.0. The molecule has 0 bridgehead atoms. The summed E-state index contributed by atoms with van der Waals surface area (Å²) in [7, 11) is 0. The molecule has 0 radical (unpaired) electrons. The van der Waals surface area contributed by atoms with Crippen LogP contribution in [0.4, 0.5) is 0 Å². The molecule has 0 aliphatic heterocycles. The molecule has 3 N–H and O–H groups in total. The highest BCUT2D eigenvalue weighted by Crippen LogP contribution is 2.69. The number of aliphatic hydroxyl groups is 3. The maximum absolute atomic E-state index is 9.61. The molecule has 34 heavy (non-hydrogen) atoms. The van der Waals surface area contributed by atoms with Crippen LogP contribution in [0.2, 0.25) is 0 Å². The minimum absolute atomic E-state index is 0.0663. The van der Waals surface area contributed by atoms with Crippen LogP contribution < -0.4 is 0 Å². The van der Waals surface area contributed by atoms with Crippen molar-refractivity contribution < 1.29 is 29.5 Å². The summed E-state index contributed by atoms with van der Waals surface area (Å²) in [4.78, 5) is 0. The van der Waals surface area contributed by atoms with Crippen molar-refractivity contribution in [3.05, 3.63) is 0 Å². The number of rotatable bonds is 10. The van der Waals surface area contributed by atoms with Gasteiger partial charge in [0.1, 0.15) is 0 Å². The van der Waals surface area contributed by atoms with Crippen LogP contribution in [0.15, 0.2) is 0 Å². The molecule has 0 aromatic heterocycles. The average molecular weight is 483 g/mol. The Morgan fingerprint density at radius 1 is 0.794 bits per heavy atom. The molecule has 0 aromatic carbocycles. The Morgan fingerprint density at radius 3 is 2.15 bits per heavy atom. The van der Waals surface area contributed by atoms with Gasteiger partial charge in [0.05, 0.1) is 58.0 Å². The molecule has 5 unspecified atom stereocenters. The Balaban J connectivity index is 1.67. The van der Waals surface area contributed by atoms with E-state index in [-0.39, 0.29) is 49.0 Å². The molecule has 0 amide bonds. The van der Waals surface area contributed by atoms with Gasteiger partial charge in [0.15, 0.2) is 0 Å². The maximum atomic E-state index is 9.61. The van der Waals surface area contributed by atoms with Crippen LogP contribution in [0, 0.1) is 46.3 Å². The van der Waals surface area contributed by atoms with Crippen LogP contribution in [0.1, 0.15) is 72.6 Å². The molecule has 0 spiro atoms. The molecule has 4 aliphatic rings. The van der Waals surface area contributed by atoms with Gasteiger partial charge in [-0.25, -0.2) is 0 Å². The lowest BCUT2D eigenvalue weighted by Crippen LogP contribution is -2.63. The van der Waals surface area contributed by atoms with Crippen LogP contribution in [0.3, 0.4) is 0 Å². The van der Waals surface area contributed by atoms with Gasteiger partial charge in [0, 0.05) is 5.41 Å². The number of ether oxygens (including phenoxy) is 3. The van der Waals surface area contributed by atoms with Crippen LogP contribution in [0.25, 0.3) is 0 Å². The molecule has 0 heterocycles. The van der Waals surface area contributed by atoms with Gasteiger partial charge in [0.2, 0.25) is 0 Å². The van der Waals surface area contributed by atoms with E-state index in [1.165, 1.54) is 12.8 Å². The predicted molar refractivity (Wildman–Crippen MR) is 131 cm³/mol. The molecule has 4 rings (SSSR count). The number of hydrogen-bond donors (Lipinski definition) is 3. The minimum Gasteiger partial charge on any atom is -0.394 e. The van der Waals surface area contributed by atoms with Crippen molar-refractivity contribution >= 4 is 0 Å². The molecular formula is C28H50O6. The van der Waals surface area contributed by atoms with Gasteiger partial charge in [-0.2, -0.15) is 0 Å². The Hall–Kier alpha value is -0.240. The van der Waals surface area contributed by atoms with Gasteiger partial charge >= 0.3 is 0 Å². The fourth-order valence-electron chi connectivity index (χ4n) is 9.41. The number of aliphatic hydroxyl groups excluding tert-OH is 3. The van der Waals surface area contributed by atoms with Gasteiger partial charge in [-0.1, -0.05) is 27.7 Å². The lowest BCUT2D eigenvalue weighted by atomic mass is 9.43. The Bertz CT molecular complexity index is 657. The highest BCUT2D eigenvalue weighted by molar-refractivity contribution is 5.15. The quantitative estimate of drug-likeness (QED) is 0.441. The molecule has 4 aliphatic carbocycles. The van der Waals surface area contributed by atoms with Crippen LogP contribution >= 0.6 is 0 Å². The van der Waals surface area contributed by atoms with E-state index in [9.17, 15) is 15.3 Å². The molecule has 0 aromatic rings. The highest BCUT2D eigenvalue weighted by atomic mass is 16.5. The van der Waals surface area contributed by atoms with E-state index >= 15 is 0 Å². The van der Waals surface area contributed by atoms with Crippen molar-refractivity contribution in [1.29, 1.82) is 0 Å². The highest BCUT2D eigenvalue weighted by Gasteiger charge is 2.66. The molecule has 0 saturated heterocycles. The van der Waals surface area contributed by atoms with E-state index in [2.05, 4.69) is 27.7 Å². The van der Waals surface area contributed by atoms with Crippen molar-refractivity contribution in [1.82, 2.24) is 0 Å². The molecule has 6 nitrogen and oxygen atoms in total. The molecular weight excluding hydrogens is 432 g/mol. The van der Waals surface area contributed by atoms with Gasteiger partial charge in [-0.3, -0.25) is 0 Å². The maximum Gasteiger partial charge on any atom is 0.0701 e. The van der Waals surface area contributed by atoms with E-state index in [0.29, 0.717) is 55.3 Å². The van der Waals surface area contributed by atoms with E-state index in [4.69, 9.17) is 14.2 Å².